The zero-order chi connectivity index (χ0) is 22.0. The number of nitrogens with zero attached hydrogens (tertiary/aromatic N) is 3. The molecule has 4 rings (SSSR count). The number of carbonyl (C=O) groups is 1. The summed E-state index contributed by atoms with van der Waals surface area (Å²) in [7, 11) is 1.54. The number of ether oxygens (including phenoxy) is 1. The summed E-state index contributed by atoms with van der Waals surface area (Å²) in [6.45, 7) is 3.81. The van der Waals surface area contributed by atoms with Crippen molar-refractivity contribution in [3.63, 3.8) is 0 Å². The second-order valence-corrected chi connectivity index (χ2v) is 8.10. The first-order valence-corrected chi connectivity index (χ1v) is 10.8. The predicted octanol–water partition coefficient (Wildman–Crippen LogP) is 4.47. The molecule has 1 aliphatic rings. The Morgan fingerprint density at radius 2 is 2.10 bits per heavy atom. The molecule has 1 aromatic heterocycles. The van der Waals surface area contributed by atoms with Gasteiger partial charge in [-0.3, -0.25) is 4.79 Å². The van der Waals surface area contributed by atoms with Crippen LogP contribution in [0.1, 0.15) is 25.5 Å². The molecule has 160 valence electrons. The molecule has 0 radical (unpaired) electrons. The summed E-state index contributed by atoms with van der Waals surface area (Å²) in [6, 6.07) is 12.7. The highest BCUT2D eigenvalue weighted by atomic mass is 32.2. The van der Waals surface area contributed by atoms with E-state index >= 15 is 0 Å². The number of halogens is 1. The van der Waals surface area contributed by atoms with Gasteiger partial charge in [-0.2, -0.15) is 4.98 Å². The number of nitrogens with one attached hydrogen (secondary N) is 2. The van der Waals surface area contributed by atoms with Crippen molar-refractivity contribution in [2.75, 3.05) is 23.5 Å². The molecule has 7 nitrogen and oxygen atoms in total. The van der Waals surface area contributed by atoms with Gasteiger partial charge < -0.3 is 15.4 Å². The largest absolute Gasteiger partial charge is 0.495 e. The Labute approximate surface area is 183 Å². The number of aromatic nitrogens is 3. The Morgan fingerprint density at radius 3 is 2.84 bits per heavy atom. The summed E-state index contributed by atoms with van der Waals surface area (Å²) < 4.78 is 21.1. The van der Waals surface area contributed by atoms with Gasteiger partial charge in [0.05, 0.1) is 18.4 Å². The number of fused-ring (bicyclic) bond motifs is 1. The molecule has 3 aromatic rings. The molecule has 1 amide bonds. The number of anilines is 2. The minimum atomic E-state index is -0.639. The average molecular weight is 440 g/mol. The van der Waals surface area contributed by atoms with Crippen molar-refractivity contribution in [2.45, 2.75) is 25.0 Å². The molecule has 2 heterocycles. The lowest BCUT2D eigenvalue weighted by Crippen LogP contribution is -2.31. The lowest BCUT2D eigenvalue weighted by Gasteiger charge is -2.28. The molecule has 1 unspecified atom stereocenters. The molecule has 0 bridgehead atoms. The fourth-order valence-corrected chi connectivity index (χ4v) is 4.09. The molecule has 0 saturated heterocycles. The molecule has 9 heteroatoms. The number of methoxy groups -OCH3 is 1. The first kappa shape index (κ1) is 20.9. The van der Waals surface area contributed by atoms with Gasteiger partial charge in [-0.25, -0.2) is 9.07 Å². The lowest BCUT2D eigenvalue weighted by molar-refractivity contribution is -0.113. The number of rotatable bonds is 6. The lowest BCUT2D eigenvalue weighted by atomic mass is 9.95. The van der Waals surface area contributed by atoms with E-state index in [1.54, 1.807) is 43.0 Å². The van der Waals surface area contributed by atoms with Gasteiger partial charge in [0.1, 0.15) is 17.6 Å². The second kappa shape index (κ2) is 8.81. The van der Waals surface area contributed by atoms with Crippen molar-refractivity contribution in [1.29, 1.82) is 0 Å². The van der Waals surface area contributed by atoms with Crippen LogP contribution in [0.3, 0.4) is 0 Å². The van der Waals surface area contributed by atoms with E-state index in [4.69, 9.17) is 4.74 Å². The molecule has 2 N–H and O–H groups in total. The molecule has 0 spiro atoms. The fraction of sp³-hybridized carbons (Fsp3) is 0.227. The zero-order valence-electron chi connectivity index (χ0n) is 17.3. The summed E-state index contributed by atoms with van der Waals surface area (Å²) in [5, 5.41) is 11.3. The Morgan fingerprint density at radius 1 is 1.29 bits per heavy atom. The maximum atomic E-state index is 14.1. The van der Waals surface area contributed by atoms with E-state index in [1.165, 1.54) is 23.9 Å². The maximum Gasteiger partial charge on any atom is 0.255 e. The number of allylic oxidation sites excluding steroid dienone is 1. The molecular weight excluding hydrogens is 417 g/mol. The number of hydrogen-bond acceptors (Lipinski definition) is 6. The van der Waals surface area contributed by atoms with Crippen LogP contribution in [0.4, 0.5) is 16.0 Å². The quantitative estimate of drug-likeness (QED) is 0.552. The molecule has 0 fully saturated rings. The first-order chi connectivity index (χ1) is 15.0. The number of benzene rings is 2. The first-order valence-electron chi connectivity index (χ1n) is 9.78. The van der Waals surface area contributed by atoms with E-state index in [9.17, 15) is 9.18 Å². The summed E-state index contributed by atoms with van der Waals surface area (Å²) in [4.78, 5) is 18.0. The summed E-state index contributed by atoms with van der Waals surface area (Å²) in [5.74, 6) is 1.14. The Hall–Kier alpha value is -3.33. The third kappa shape index (κ3) is 4.13. The topological polar surface area (TPSA) is 81.1 Å². The van der Waals surface area contributed by atoms with Crippen LogP contribution in [0.5, 0.6) is 5.75 Å². The maximum absolute atomic E-state index is 14.1. The summed E-state index contributed by atoms with van der Waals surface area (Å²) in [6.07, 6.45) is 0. The Bertz CT molecular complexity index is 1160. The van der Waals surface area contributed by atoms with E-state index < -0.39 is 6.04 Å². The van der Waals surface area contributed by atoms with E-state index in [0.29, 0.717) is 39.4 Å². The number of thioether (sulfide) groups is 1. The van der Waals surface area contributed by atoms with E-state index in [-0.39, 0.29) is 11.7 Å². The SMILES string of the molecule is CCSc1nc2n(n1)C(c1cccc(F)c1)C(C(=O)Nc1ccccc1OC)=C(C)N2. The van der Waals surface area contributed by atoms with Crippen LogP contribution in [0.15, 0.2) is 65.0 Å². The van der Waals surface area contributed by atoms with E-state index in [2.05, 4.69) is 20.7 Å². The molecule has 2 aromatic carbocycles. The third-order valence-corrected chi connectivity index (χ3v) is 5.59. The van der Waals surface area contributed by atoms with Crippen LogP contribution < -0.4 is 15.4 Å². The van der Waals surface area contributed by atoms with E-state index in [1.807, 2.05) is 19.1 Å². The Balaban J connectivity index is 1.79. The van der Waals surface area contributed by atoms with Crippen molar-refractivity contribution in [2.24, 2.45) is 0 Å². The molecule has 31 heavy (non-hydrogen) atoms. The van der Waals surface area contributed by atoms with Crippen molar-refractivity contribution in [3.8, 4) is 5.75 Å². The Kier molecular flexibility index (Phi) is 5.94. The number of amides is 1. The second-order valence-electron chi connectivity index (χ2n) is 6.87. The highest BCUT2D eigenvalue weighted by molar-refractivity contribution is 7.99. The van der Waals surface area contributed by atoms with Crippen LogP contribution in [-0.4, -0.2) is 33.5 Å². The molecule has 0 saturated carbocycles. The van der Waals surface area contributed by atoms with Crippen molar-refractivity contribution < 1.29 is 13.9 Å². The monoisotopic (exact) mass is 439 g/mol. The van der Waals surface area contributed by atoms with Gasteiger partial charge in [-0.1, -0.05) is 43.0 Å². The number of hydrogen-bond donors (Lipinski definition) is 2. The van der Waals surface area contributed by atoms with E-state index in [0.717, 1.165) is 5.75 Å². The van der Waals surface area contributed by atoms with Crippen LogP contribution in [0.25, 0.3) is 0 Å². The fourth-order valence-electron chi connectivity index (χ4n) is 3.54. The number of para-hydroxylation sites is 2. The van der Waals surface area contributed by atoms with Gasteiger partial charge in [0, 0.05) is 5.70 Å². The summed E-state index contributed by atoms with van der Waals surface area (Å²) >= 11 is 1.49. The van der Waals surface area contributed by atoms with Gasteiger partial charge in [0.2, 0.25) is 11.1 Å². The van der Waals surface area contributed by atoms with Crippen molar-refractivity contribution in [1.82, 2.24) is 14.8 Å². The third-order valence-electron chi connectivity index (χ3n) is 4.87. The normalized spacial score (nSPS) is 15.3. The van der Waals surface area contributed by atoms with Gasteiger partial charge in [0.25, 0.3) is 5.91 Å². The predicted molar refractivity (Wildman–Crippen MR) is 119 cm³/mol. The number of carbonyl (C=O) groups excluding carboxylic acids is 1. The van der Waals surface area contributed by atoms with Crippen LogP contribution >= 0.6 is 11.8 Å². The zero-order valence-corrected chi connectivity index (χ0v) is 18.2. The van der Waals surface area contributed by atoms with Gasteiger partial charge in [0.15, 0.2) is 0 Å². The van der Waals surface area contributed by atoms with Crippen LogP contribution in [0, 0.1) is 5.82 Å². The average Bonchev–Trinajstić information content (AvgIpc) is 3.15. The van der Waals surface area contributed by atoms with Crippen molar-refractivity contribution in [3.05, 3.63) is 71.2 Å². The smallest absolute Gasteiger partial charge is 0.255 e. The molecule has 1 atom stereocenters. The minimum Gasteiger partial charge on any atom is -0.495 e. The van der Waals surface area contributed by atoms with Crippen LogP contribution in [0.2, 0.25) is 0 Å². The van der Waals surface area contributed by atoms with Gasteiger partial charge >= 0.3 is 0 Å². The van der Waals surface area contributed by atoms with Gasteiger partial charge in [-0.05, 0) is 42.5 Å². The summed E-state index contributed by atoms with van der Waals surface area (Å²) in [5.41, 5.74) is 2.18. The highest BCUT2D eigenvalue weighted by Gasteiger charge is 2.34. The molecular formula is C22H22FN5O2S. The molecule has 1 aliphatic heterocycles. The highest BCUT2D eigenvalue weighted by Crippen LogP contribution is 2.37. The van der Waals surface area contributed by atoms with Crippen molar-refractivity contribution >= 4 is 29.3 Å². The molecule has 0 aliphatic carbocycles. The standard InChI is InChI=1S/C22H22FN5O2S/c1-4-31-22-26-21-24-13(2)18(20(29)25-16-10-5-6-11-17(16)30-3)19(28(21)27-22)14-8-7-9-15(23)12-14/h5-12,19H,4H2,1-3H3,(H,25,29)(H,24,26,27). The van der Waals surface area contributed by atoms with Gasteiger partial charge in [-0.15, -0.1) is 5.10 Å². The van der Waals surface area contributed by atoms with Crippen LogP contribution in [-0.2, 0) is 4.79 Å². The minimum absolute atomic E-state index is 0.338.